The van der Waals surface area contributed by atoms with Crippen LogP contribution in [-0.2, 0) is 0 Å². The first-order valence-corrected chi connectivity index (χ1v) is 7.48. The van der Waals surface area contributed by atoms with Gasteiger partial charge in [-0.05, 0) is 32.9 Å². The Balaban J connectivity index is 2.06. The van der Waals surface area contributed by atoms with Crippen LogP contribution in [0.2, 0.25) is 0 Å². The third kappa shape index (κ3) is 3.84. The number of anilines is 2. The quantitative estimate of drug-likeness (QED) is 0.508. The van der Waals surface area contributed by atoms with Gasteiger partial charge in [0.2, 0.25) is 11.9 Å². The summed E-state index contributed by atoms with van der Waals surface area (Å²) >= 11 is 1.88. The number of ether oxygens (including phenoxy) is 1. The van der Waals surface area contributed by atoms with Crippen LogP contribution in [0.15, 0.2) is 0 Å². The highest BCUT2D eigenvalue weighted by Gasteiger charge is 2.41. The van der Waals surface area contributed by atoms with E-state index in [0.29, 0.717) is 16.6 Å². The van der Waals surface area contributed by atoms with Crippen LogP contribution in [-0.4, -0.2) is 38.6 Å². The fourth-order valence-electron chi connectivity index (χ4n) is 1.60. The van der Waals surface area contributed by atoms with Crippen molar-refractivity contribution < 1.29 is 4.74 Å². The van der Waals surface area contributed by atoms with Crippen LogP contribution in [0.25, 0.3) is 0 Å². The summed E-state index contributed by atoms with van der Waals surface area (Å²) in [6.45, 7) is 4.67. The predicted octanol–water partition coefficient (Wildman–Crippen LogP) is 1.25. The summed E-state index contributed by atoms with van der Waals surface area (Å²) in [5.74, 6) is 6.13. The number of aromatic nitrogens is 3. The van der Waals surface area contributed by atoms with Crippen LogP contribution < -0.4 is 21.3 Å². The molecule has 4 N–H and O–H groups in total. The predicted molar refractivity (Wildman–Crippen MR) is 77.4 cm³/mol. The van der Waals surface area contributed by atoms with Crippen LogP contribution in [0.1, 0.15) is 26.7 Å². The molecule has 19 heavy (non-hydrogen) atoms. The number of hydrazine groups is 1. The maximum atomic E-state index is 5.47. The highest BCUT2D eigenvalue weighted by molar-refractivity contribution is 8.00. The molecule has 0 spiro atoms. The van der Waals surface area contributed by atoms with E-state index < -0.39 is 0 Å². The molecular weight excluding hydrogens is 264 g/mol. The number of nitrogens with one attached hydrogen (secondary N) is 2. The first-order valence-electron chi connectivity index (χ1n) is 6.25. The van der Waals surface area contributed by atoms with Gasteiger partial charge < -0.3 is 10.1 Å². The molecule has 0 saturated heterocycles. The van der Waals surface area contributed by atoms with Gasteiger partial charge in [0.25, 0.3) is 0 Å². The van der Waals surface area contributed by atoms with Gasteiger partial charge in [-0.1, -0.05) is 0 Å². The molecule has 0 unspecified atom stereocenters. The molecule has 0 bridgehead atoms. The summed E-state index contributed by atoms with van der Waals surface area (Å²) < 4.78 is 5.80. The van der Waals surface area contributed by atoms with Crippen molar-refractivity contribution in [1.29, 1.82) is 0 Å². The summed E-state index contributed by atoms with van der Waals surface area (Å²) in [5.41, 5.74) is 2.42. The topological polar surface area (TPSA) is 98.0 Å². The lowest BCUT2D eigenvalue weighted by Gasteiger charge is -2.14. The zero-order valence-electron chi connectivity index (χ0n) is 11.4. The van der Waals surface area contributed by atoms with E-state index in [2.05, 4.69) is 32.0 Å². The molecule has 0 aromatic carbocycles. The van der Waals surface area contributed by atoms with E-state index in [0.717, 1.165) is 6.54 Å². The lowest BCUT2D eigenvalue weighted by molar-refractivity contribution is 0.222. The molecule has 1 aliphatic carbocycles. The Morgan fingerprint density at radius 2 is 2.00 bits per heavy atom. The van der Waals surface area contributed by atoms with E-state index in [1.165, 1.54) is 12.8 Å². The van der Waals surface area contributed by atoms with E-state index in [9.17, 15) is 0 Å². The number of nitrogens with zero attached hydrogens (tertiary/aromatic N) is 3. The Kier molecular flexibility index (Phi) is 4.31. The molecule has 2 rings (SSSR count). The summed E-state index contributed by atoms with van der Waals surface area (Å²) in [6.07, 6.45) is 4.58. The first kappa shape index (κ1) is 14.1. The average Bonchev–Trinajstić information content (AvgIpc) is 3.16. The lowest BCUT2D eigenvalue weighted by Crippen LogP contribution is -2.21. The van der Waals surface area contributed by atoms with Gasteiger partial charge in [0.05, 0.1) is 6.10 Å². The largest absolute Gasteiger partial charge is 0.461 e. The second-order valence-corrected chi connectivity index (χ2v) is 6.09. The van der Waals surface area contributed by atoms with Gasteiger partial charge in [0, 0.05) is 11.3 Å². The third-order valence-electron chi connectivity index (χ3n) is 2.89. The van der Waals surface area contributed by atoms with Gasteiger partial charge in [0.1, 0.15) is 0 Å². The molecule has 1 aliphatic rings. The van der Waals surface area contributed by atoms with Gasteiger partial charge in [-0.2, -0.15) is 26.7 Å². The number of nitrogen functional groups attached to an aromatic ring is 1. The average molecular weight is 284 g/mol. The number of hydrogen-bond acceptors (Lipinski definition) is 8. The van der Waals surface area contributed by atoms with Gasteiger partial charge >= 0.3 is 6.01 Å². The Morgan fingerprint density at radius 3 is 2.53 bits per heavy atom. The highest BCUT2D eigenvalue weighted by Crippen LogP contribution is 2.46. The standard InChI is InChI=1S/C11H20N6OS/c1-7(2)18-10-15-8(14-9(16-10)17-12)13-6-11(19-3)4-5-11/h7H,4-6,12H2,1-3H3,(H2,13,14,15,16,17). The zero-order valence-corrected chi connectivity index (χ0v) is 12.3. The number of rotatable bonds is 7. The zero-order chi connectivity index (χ0) is 13.9. The Labute approximate surface area is 117 Å². The number of hydrogen-bond donors (Lipinski definition) is 3. The Hall–Kier alpha value is -1.28. The molecule has 1 saturated carbocycles. The second-order valence-electron chi connectivity index (χ2n) is 4.82. The minimum atomic E-state index is 0.00171. The lowest BCUT2D eigenvalue weighted by atomic mass is 10.4. The maximum Gasteiger partial charge on any atom is 0.323 e. The van der Waals surface area contributed by atoms with Crippen LogP contribution in [0.3, 0.4) is 0 Å². The summed E-state index contributed by atoms with van der Waals surface area (Å²) in [5, 5.41) is 3.23. The molecule has 7 nitrogen and oxygen atoms in total. The van der Waals surface area contributed by atoms with E-state index in [-0.39, 0.29) is 12.1 Å². The molecule has 0 radical (unpaired) electrons. The van der Waals surface area contributed by atoms with Crippen LogP contribution >= 0.6 is 11.8 Å². The second kappa shape index (κ2) is 5.79. The molecule has 106 valence electrons. The van der Waals surface area contributed by atoms with Crippen molar-refractivity contribution in [3.05, 3.63) is 0 Å². The van der Waals surface area contributed by atoms with E-state index in [1.54, 1.807) is 0 Å². The van der Waals surface area contributed by atoms with Gasteiger partial charge in [0.15, 0.2) is 0 Å². The monoisotopic (exact) mass is 284 g/mol. The van der Waals surface area contributed by atoms with Gasteiger partial charge in [-0.3, -0.25) is 5.43 Å². The molecule has 1 aromatic heterocycles. The Morgan fingerprint density at radius 1 is 1.32 bits per heavy atom. The smallest absolute Gasteiger partial charge is 0.323 e. The fourth-order valence-corrected chi connectivity index (χ4v) is 2.32. The first-order chi connectivity index (χ1) is 9.07. The molecular formula is C11H20N6OS. The van der Waals surface area contributed by atoms with Crippen LogP contribution in [0.5, 0.6) is 6.01 Å². The van der Waals surface area contributed by atoms with E-state index in [4.69, 9.17) is 10.6 Å². The minimum Gasteiger partial charge on any atom is -0.461 e. The van der Waals surface area contributed by atoms with Gasteiger partial charge in [-0.25, -0.2) is 5.84 Å². The number of thioether (sulfide) groups is 1. The van der Waals surface area contributed by atoms with Crippen LogP contribution in [0.4, 0.5) is 11.9 Å². The third-order valence-corrected chi connectivity index (χ3v) is 4.31. The van der Waals surface area contributed by atoms with Crippen molar-refractivity contribution in [2.75, 3.05) is 23.5 Å². The van der Waals surface area contributed by atoms with Crippen molar-refractivity contribution in [2.45, 2.75) is 37.5 Å². The molecule has 1 aromatic rings. The molecule has 0 amide bonds. The summed E-state index contributed by atoms with van der Waals surface area (Å²) in [4.78, 5) is 12.4. The van der Waals surface area contributed by atoms with Crippen molar-refractivity contribution in [3.63, 3.8) is 0 Å². The van der Waals surface area contributed by atoms with Crippen molar-refractivity contribution in [3.8, 4) is 6.01 Å². The van der Waals surface area contributed by atoms with E-state index >= 15 is 0 Å². The SMILES string of the molecule is CSC1(CNc2nc(NN)nc(OC(C)C)n2)CC1. The minimum absolute atomic E-state index is 0.00171. The van der Waals surface area contributed by atoms with E-state index in [1.807, 2.05) is 25.6 Å². The maximum absolute atomic E-state index is 5.47. The molecule has 1 fully saturated rings. The van der Waals surface area contributed by atoms with Crippen molar-refractivity contribution in [1.82, 2.24) is 15.0 Å². The molecule has 0 atom stereocenters. The van der Waals surface area contributed by atoms with Crippen LogP contribution in [0, 0.1) is 0 Å². The normalized spacial score (nSPS) is 16.3. The van der Waals surface area contributed by atoms with Crippen molar-refractivity contribution >= 4 is 23.7 Å². The molecule has 0 aliphatic heterocycles. The summed E-state index contributed by atoms with van der Waals surface area (Å²) in [7, 11) is 0. The van der Waals surface area contributed by atoms with Gasteiger partial charge in [-0.15, -0.1) is 0 Å². The molecule has 1 heterocycles. The summed E-state index contributed by atoms with van der Waals surface area (Å²) in [6, 6.07) is 0.273. The molecule has 8 heteroatoms. The Bertz CT molecular complexity index is 437. The number of nitrogens with two attached hydrogens (primary N) is 1. The van der Waals surface area contributed by atoms with Crippen molar-refractivity contribution in [2.24, 2.45) is 5.84 Å². The highest BCUT2D eigenvalue weighted by atomic mass is 32.2. The fraction of sp³-hybridized carbons (Fsp3) is 0.727.